The van der Waals surface area contributed by atoms with Crippen molar-refractivity contribution in [2.75, 3.05) is 13.1 Å². The van der Waals surface area contributed by atoms with Gasteiger partial charge in [-0.3, -0.25) is 9.59 Å². The lowest BCUT2D eigenvalue weighted by molar-refractivity contribution is -0.152. The van der Waals surface area contributed by atoms with Gasteiger partial charge in [0.15, 0.2) is 0 Å². The van der Waals surface area contributed by atoms with Crippen LogP contribution in [0.15, 0.2) is 0 Å². The van der Waals surface area contributed by atoms with E-state index >= 15 is 0 Å². The Morgan fingerprint density at radius 1 is 1.29 bits per heavy atom. The van der Waals surface area contributed by atoms with Crippen LogP contribution in [0, 0.1) is 23.7 Å². The van der Waals surface area contributed by atoms with Crippen LogP contribution in [-0.4, -0.2) is 35.0 Å². The summed E-state index contributed by atoms with van der Waals surface area (Å²) < 4.78 is 0. The van der Waals surface area contributed by atoms with Gasteiger partial charge in [0, 0.05) is 24.9 Å². The van der Waals surface area contributed by atoms with Crippen LogP contribution in [0.5, 0.6) is 0 Å². The number of hydrogen-bond donors (Lipinski definition) is 1. The first-order chi connectivity index (χ1) is 8.00. The molecule has 2 rings (SSSR count). The van der Waals surface area contributed by atoms with Gasteiger partial charge in [-0.05, 0) is 18.8 Å². The smallest absolute Gasteiger partial charge is 0.306 e. The zero-order valence-electron chi connectivity index (χ0n) is 10.6. The fourth-order valence-electron chi connectivity index (χ4n) is 2.96. The lowest BCUT2D eigenvalue weighted by Crippen LogP contribution is -2.55. The predicted octanol–water partition coefficient (Wildman–Crippen LogP) is 1.60. The maximum absolute atomic E-state index is 12.2. The van der Waals surface area contributed by atoms with E-state index in [0.717, 1.165) is 19.3 Å². The Bertz CT molecular complexity index is 323. The summed E-state index contributed by atoms with van der Waals surface area (Å²) in [4.78, 5) is 24.8. The highest BCUT2D eigenvalue weighted by atomic mass is 16.4. The highest BCUT2D eigenvalue weighted by Crippen LogP contribution is 2.35. The Labute approximate surface area is 102 Å². The second kappa shape index (κ2) is 4.67. The summed E-state index contributed by atoms with van der Waals surface area (Å²) in [7, 11) is 0. The van der Waals surface area contributed by atoms with E-state index in [0.29, 0.717) is 19.0 Å². The molecular weight excluding hydrogens is 218 g/mol. The number of rotatable bonds is 3. The molecule has 0 bridgehead atoms. The monoisotopic (exact) mass is 239 g/mol. The Morgan fingerprint density at radius 3 is 2.41 bits per heavy atom. The van der Waals surface area contributed by atoms with Gasteiger partial charge >= 0.3 is 5.97 Å². The minimum absolute atomic E-state index is 0.146. The summed E-state index contributed by atoms with van der Waals surface area (Å²) in [5.41, 5.74) is 0. The van der Waals surface area contributed by atoms with Gasteiger partial charge in [-0.1, -0.05) is 20.3 Å². The van der Waals surface area contributed by atoms with Gasteiger partial charge < -0.3 is 10.0 Å². The molecule has 0 aromatic carbocycles. The normalized spacial score (nSPS) is 31.1. The highest BCUT2D eigenvalue weighted by Gasteiger charge is 2.41. The van der Waals surface area contributed by atoms with Gasteiger partial charge in [0.25, 0.3) is 0 Å². The van der Waals surface area contributed by atoms with Crippen molar-refractivity contribution >= 4 is 11.9 Å². The molecule has 1 aliphatic heterocycles. The first-order valence-electron chi connectivity index (χ1n) is 6.52. The van der Waals surface area contributed by atoms with E-state index in [1.807, 2.05) is 4.90 Å². The maximum Gasteiger partial charge on any atom is 0.306 e. The lowest BCUT2D eigenvalue weighted by atomic mass is 9.85. The van der Waals surface area contributed by atoms with Crippen molar-refractivity contribution in [2.45, 2.75) is 33.1 Å². The molecular formula is C13H21NO3. The molecule has 2 aliphatic rings. The number of likely N-dealkylation sites (tertiary alicyclic amines) is 1. The maximum atomic E-state index is 12.2. The van der Waals surface area contributed by atoms with Crippen molar-refractivity contribution in [2.24, 2.45) is 23.7 Å². The summed E-state index contributed by atoms with van der Waals surface area (Å²) >= 11 is 0. The molecule has 1 heterocycles. The lowest BCUT2D eigenvalue weighted by Gasteiger charge is -2.42. The van der Waals surface area contributed by atoms with Gasteiger partial charge in [0.05, 0.1) is 5.92 Å². The average molecular weight is 239 g/mol. The number of carboxylic acid groups (broad SMARTS) is 1. The molecule has 1 aliphatic carbocycles. The molecule has 4 nitrogen and oxygen atoms in total. The van der Waals surface area contributed by atoms with Crippen LogP contribution < -0.4 is 0 Å². The van der Waals surface area contributed by atoms with Crippen LogP contribution in [0.1, 0.15) is 33.1 Å². The molecule has 1 saturated carbocycles. The zero-order valence-corrected chi connectivity index (χ0v) is 10.6. The summed E-state index contributed by atoms with van der Waals surface area (Å²) in [6.07, 6.45) is 3.31. The fraction of sp³-hybridized carbons (Fsp3) is 0.846. The van der Waals surface area contributed by atoms with Crippen molar-refractivity contribution in [3.63, 3.8) is 0 Å². The second-order valence-electron chi connectivity index (χ2n) is 5.64. The number of aliphatic carboxylic acids is 1. The topological polar surface area (TPSA) is 57.6 Å². The minimum Gasteiger partial charge on any atom is -0.481 e. The Balaban J connectivity index is 1.83. The van der Waals surface area contributed by atoms with Crippen LogP contribution in [0.25, 0.3) is 0 Å². The summed E-state index contributed by atoms with van der Waals surface area (Å²) in [6, 6.07) is 0. The predicted molar refractivity (Wildman–Crippen MR) is 63.4 cm³/mol. The number of carbonyl (C=O) groups is 2. The molecule has 1 N–H and O–H groups in total. The molecule has 2 fully saturated rings. The third-order valence-corrected chi connectivity index (χ3v) is 4.50. The molecule has 0 spiro atoms. The van der Waals surface area contributed by atoms with Crippen molar-refractivity contribution in [3.05, 3.63) is 0 Å². The van der Waals surface area contributed by atoms with Crippen LogP contribution >= 0.6 is 0 Å². The molecule has 1 amide bonds. The van der Waals surface area contributed by atoms with E-state index in [1.165, 1.54) is 0 Å². The molecule has 96 valence electrons. The van der Waals surface area contributed by atoms with Gasteiger partial charge in [0.2, 0.25) is 5.91 Å². The van der Waals surface area contributed by atoms with Gasteiger partial charge in [-0.2, -0.15) is 0 Å². The molecule has 4 heteroatoms. The van der Waals surface area contributed by atoms with Crippen molar-refractivity contribution in [1.82, 2.24) is 4.90 Å². The highest BCUT2D eigenvalue weighted by molar-refractivity contribution is 5.80. The molecule has 3 atom stereocenters. The first kappa shape index (κ1) is 12.4. The third-order valence-electron chi connectivity index (χ3n) is 4.50. The van der Waals surface area contributed by atoms with Crippen molar-refractivity contribution in [3.8, 4) is 0 Å². The molecule has 0 aromatic heterocycles. The summed E-state index contributed by atoms with van der Waals surface area (Å²) in [5, 5.41) is 8.89. The molecule has 17 heavy (non-hydrogen) atoms. The zero-order chi connectivity index (χ0) is 12.6. The fourth-order valence-corrected chi connectivity index (χ4v) is 2.96. The van der Waals surface area contributed by atoms with E-state index in [2.05, 4.69) is 6.92 Å². The van der Waals surface area contributed by atoms with E-state index in [9.17, 15) is 9.59 Å². The first-order valence-corrected chi connectivity index (χ1v) is 6.52. The molecule has 3 unspecified atom stereocenters. The summed E-state index contributed by atoms with van der Waals surface area (Å²) in [5.74, 6) is 0.00270. The van der Waals surface area contributed by atoms with Crippen molar-refractivity contribution in [1.29, 1.82) is 0 Å². The number of carbonyl (C=O) groups excluding carboxylic acids is 1. The number of carboxylic acids is 1. The standard InChI is InChI=1S/C13H21NO3/c1-8-4-3-5-11(8)12(15)14-6-10(7-14)9(2)13(16)17/h8-11H,3-7H2,1-2H3,(H,16,17). The average Bonchev–Trinajstić information content (AvgIpc) is 2.61. The Morgan fingerprint density at radius 2 is 1.94 bits per heavy atom. The molecule has 1 saturated heterocycles. The van der Waals surface area contributed by atoms with Crippen LogP contribution in [0.4, 0.5) is 0 Å². The minimum atomic E-state index is -0.753. The van der Waals surface area contributed by atoms with Gasteiger partial charge in [-0.15, -0.1) is 0 Å². The van der Waals surface area contributed by atoms with Crippen LogP contribution in [0.2, 0.25) is 0 Å². The van der Waals surface area contributed by atoms with E-state index in [4.69, 9.17) is 5.11 Å². The quantitative estimate of drug-likeness (QED) is 0.814. The summed E-state index contributed by atoms with van der Waals surface area (Å²) in [6.45, 7) is 5.14. The Kier molecular flexibility index (Phi) is 3.40. The van der Waals surface area contributed by atoms with Gasteiger partial charge in [-0.25, -0.2) is 0 Å². The van der Waals surface area contributed by atoms with Gasteiger partial charge in [0.1, 0.15) is 0 Å². The number of nitrogens with zero attached hydrogens (tertiary/aromatic N) is 1. The Hall–Kier alpha value is -1.06. The van der Waals surface area contributed by atoms with Crippen LogP contribution in [-0.2, 0) is 9.59 Å². The second-order valence-corrected chi connectivity index (χ2v) is 5.64. The molecule has 0 aromatic rings. The SMILES string of the molecule is CC1CCCC1C(=O)N1CC(C(C)C(=O)O)C1. The van der Waals surface area contributed by atoms with Crippen LogP contribution in [0.3, 0.4) is 0 Å². The molecule has 0 radical (unpaired) electrons. The van der Waals surface area contributed by atoms with E-state index in [-0.39, 0.29) is 23.7 Å². The number of amides is 1. The van der Waals surface area contributed by atoms with E-state index in [1.54, 1.807) is 6.92 Å². The number of hydrogen-bond acceptors (Lipinski definition) is 2. The van der Waals surface area contributed by atoms with Crippen molar-refractivity contribution < 1.29 is 14.7 Å². The third kappa shape index (κ3) is 2.31. The largest absolute Gasteiger partial charge is 0.481 e. The van der Waals surface area contributed by atoms with E-state index < -0.39 is 5.97 Å².